The molecular formula is C15H18N2O3S. The van der Waals surface area contributed by atoms with Crippen LogP contribution in [0.15, 0.2) is 16.5 Å². The number of carbonyl (C=O) groups is 1. The molecule has 2 aromatic rings. The highest BCUT2D eigenvalue weighted by molar-refractivity contribution is 7.15. The molecular weight excluding hydrogens is 288 g/mol. The van der Waals surface area contributed by atoms with E-state index in [1.807, 2.05) is 32.9 Å². The summed E-state index contributed by atoms with van der Waals surface area (Å²) in [5, 5.41) is 0. The molecule has 0 bridgehead atoms. The van der Waals surface area contributed by atoms with Gasteiger partial charge in [-0.25, -0.2) is 9.78 Å². The van der Waals surface area contributed by atoms with E-state index in [2.05, 4.69) is 11.9 Å². The van der Waals surface area contributed by atoms with E-state index >= 15 is 0 Å². The molecule has 0 aromatic carbocycles. The maximum Gasteiger partial charge on any atom is 0.411 e. The lowest BCUT2D eigenvalue weighted by Crippen LogP contribution is -2.33. The molecule has 2 aromatic heterocycles. The van der Waals surface area contributed by atoms with Crippen LogP contribution in [0, 0.1) is 6.92 Å². The number of aryl methyl sites for hydroxylation is 1. The summed E-state index contributed by atoms with van der Waals surface area (Å²) in [6.45, 7) is 8.48. The number of thiophene rings is 1. The Morgan fingerprint density at radius 3 is 2.71 bits per heavy atom. The van der Waals surface area contributed by atoms with E-state index in [0.717, 1.165) is 16.3 Å². The molecule has 0 saturated heterocycles. The van der Waals surface area contributed by atoms with Crippen molar-refractivity contribution in [2.75, 3.05) is 0 Å². The Kier molecular flexibility index (Phi) is 3.28. The first-order valence-electron chi connectivity index (χ1n) is 6.85. The number of ether oxygens (including phenoxy) is 1. The van der Waals surface area contributed by atoms with Crippen LogP contribution >= 0.6 is 11.3 Å². The SMILES string of the molecule is Cc1ccc(-c2nc3c(o2)CN(C(=O)OC(C)(C)C)C3)s1. The molecule has 0 unspecified atom stereocenters. The van der Waals surface area contributed by atoms with Gasteiger partial charge in [0.25, 0.3) is 0 Å². The number of hydrogen-bond acceptors (Lipinski definition) is 5. The monoisotopic (exact) mass is 306 g/mol. The summed E-state index contributed by atoms with van der Waals surface area (Å²) in [7, 11) is 0. The Bertz CT molecular complexity index is 658. The molecule has 0 atom stereocenters. The van der Waals surface area contributed by atoms with E-state index < -0.39 is 5.60 Å². The molecule has 0 N–H and O–H groups in total. The van der Waals surface area contributed by atoms with Crippen LogP contribution in [0.25, 0.3) is 10.8 Å². The average Bonchev–Trinajstić information content (AvgIpc) is 2.98. The number of rotatable bonds is 1. The van der Waals surface area contributed by atoms with Crippen molar-refractivity contribution in [2.24, 2.45) is 0 Å². The second-order valence-corrected chi connectivity index (χ2v) is 7.42. The molecule has 112 valence electrons. The Labute approximate surface area is 127 Å². The summed E-state index contributed by atoms with van der Waals surface area (Å²) in [6, 6.07) is 4.05. The van der Waals surface area contributed by atoms with Crippen molar-refractivity contribution in [3.63, 3.8) is 0 Å². The van der Waals surface area contributed by atoms with Gasteiger partial charge >= 0.3 is 6.09 Å². The third-order valence-electron chi connectivity index (χ3n) is 3.06. The summed E-state index contributed by atoms with van der Waals surface area (Å²) in [4.78, 5) is 20.4. The van der Waals surface area contributed by atoms with Crippen molar-refractivity contribution >= 4 is 17.4 Å². The van der Waals surface area contributed by atoms with E-state index in [1.165, 1.54) is 4.88 Å². The molecule has 0 spiro atoms. The van der Waals surface area contributed by atoms with E-state index in [1.54, 1.807) is 16.2 Å². The minimum absolute atomic E-state index is 0.329. The van der Waals surface area contributed by atoms with Crippen molar-refractivity contribution in [1.82, 2.24) is 9.88 Å². The highest BCUT2D eigenvalue weighted by Gasteiger charge is 2.32. The Morgan fingerprint density at radius 2 is 2.14 bits per heavy atom. The number of hydrogen-bond donors (Lipinski definition) is 0. The molecule has 21 heavy (non-hydrogen) atoms. The smallest absolute Gasteiger partial charge is 0.411 e. The first-order chi connectivity index (χ1) is 9.82. The molecule has 3 rings (SSSR count). The van der Waals surface area contributed by atoms with Gasteiger partial charge in [-0.3, -0.25) is 4.90 Å². The number of carbonyl (C=O) groups excluding carboxylic acids is 1. The number of oxazole rings is 1. The number of aromatic nitrogens is 1. The molecule has 0 fully saturated rings. The molecule has 0 saturated carbocycles. The minimum atomic E-state index is -0.492. The topological polar surface area (TPSA) is 55.6 Å². The van der Waals surface area contributed by atoms with Gasteiger partial charge in [-0.2, -0.15) is 0 Å². The fourth-order valence-electron chi connectivity index (χ4n) is 2.15. The lowest BCUT2D eigenvalue weighted by atomic mass is 10.2. The van der Waals surface area contributed by atoms with Crippen molar-refractivity contribution in [2.45, 2.75) is 46.4 Å². The van der Waals surface area contributed by atoms with Crippen LogP contribution in [0.1, 0.15) is 37.1 Å². The molecule has 1 aliphatic heterocycles. The standard InChI is InChI=1S/C15H18N2O3S/c1-9-5-6-12(21-9)13-16-10-7-17(8-11(10)19-13)14(18)20-15(2,3)4/h5-6H,7-8H2,1-4H3. The molecule has 1 aliphatic rings. The number of fused-ring (bicyclic) bond motifs is 1. The van der Waals surface area contributed by atoms with Crippen molar-refractivity contribution in [1.29, 1.82) is 0 Å². The highest BCUT2D eigenvalue weighted by Crippen LogP contribution is 2.32. The summed E-state index contributed by atoms with van der Waals surface area (Å²) in [6.07, 6.45) is -0.329. The summed E-state index contributed by atoms with van der Waals surface area (Å²) in [5.74, 6) is 1.39. The van der Waals surface area contributed by atoms with Gasteiger partial charge in [0.05, 0.1) is 18.0 Å². The summed E-state index contributed by atoms with van der Waals surface area (Å²) < 4.78 is 11.1. The van der Waals surface area contributed by atoms with Gasteiger partial charge in [0.2, 0.25) is 5.89 Å². The number of nitrogens with zero attached hydrogens (tertiary/aromatic N) is 2. The van der Waals surface area contributed by atoms with Crippen LogP contribution in [0.5, 0.6) is 0 Å². The van der Waals surface area contributed by atoms with Crippen LogP contribution in [0.2, 0.25) is 0 Å². The highest BCUT2D eigenvalue weighted by atomic mass is 32.1. The van der Waals surface area contributed by atoms with Crippen LogP contribution in [0.4, 0.5) is 4.79 Å². The average molecular weight is 306 g/mol. The van der Waals surface area contributed by atoms with E-state index in [9.17, 15) is 4.79 Å². The predicted molar refractivity (Wildman–Crippen MR) is 80.0 cm³/mol. The third kappa shape index (κ3) is 2.95. The molecule has 0 radical (unpaired) electrons. The molecule has 5 nitrogen and oxygen atoms in total. The molecule has 6 heteroatoms. The van der Waals surface area contributed by atoms with Gasteiger partial charge in [0.15, 0.2) is 0 Å². The van der Waals surface area contributed by atoms with Gasteiger partial charge in [0, 0.05) is 4.88 Å². The predicted octanol–water partition coefficient (Wildman–Crippen LogP) is 3.96. The van der Waals surface area contributed by atoms with Crippen LogP contribution in [-0.4, -0.2) is 21.6 Å². The lowest BCUT2D eigenvalue weighted by molar-refractivity contribution is 0.0232. The first kappa shape index (κ1) is 14.1. The molecule has 0 aliphatic carbocycles. The normalized spacial score (nSPS) is 14.4. The van der Waals surface area contributed by atoms with Crippen LogP contribution < -0.4 is 0 Å². The summed E-state index contributed by atoms with van der Waals surface area (Å²) >= 11 is 1.65. The Balaban J connectivity index is 1.72. The van der Waals surface area contributed by atoms with E-state index in [0.29, 0.717) is 19.0 Å². The van der Waals surface area contributed by atoms with Gasteiger partial charge in [-0.15, -0.1) is 11.3 Å². The quantitative estimate of drug-likeness (QED) is 0.800. The second-order valence-electron chi connectivity index (χ2n) is 6.14. The van der Waals surface area contributed by atoms with Gasteiger partial charge in [-0.05, 0) is 39.8 Å². The Hall–Kier alpha value is -1.82. The van der Waals surface area contributed by atoms with Gasteiger partial charge < -0.3 is 9.15 Å². The van der Waals surface area contributed by atoms with Crippen LogP contribution in [-0.2, 0) is 17.8 Å². The fraction of sp³-hybridized carbons (Fsp3) is 0.467. The zero-order valence-corrected chi connectivity index (χ0v) is 13.4. The van der Waals surface area contributed by atoms with Crippen molar-refractivity contribution < 1.29 is 13.9 Å². The zero-order valence-electron chi connectivity index (χ0n) is 12.6. The maximum atomic E-state index is 12.0. The number of amides is 1. The largest absolute Gasteiger partial charge is 0.444 e. The zero-order chi connectivity index (χ0) is 15.2. The van der Waals surface area contributed by atoms with Crippen molar-refractivity contribution in [3.8, 4) is 10.8 Å². The second kappa shape index (κ2) is 4.87. The van der Waals surface area contributed by atoms with Crippen LogP contribution in [0.3, 0.4) is 0 Å². The van der Waals surface area contributed by atoms with Gasteiger partial charge in [0.1, 0.15) is 17.1 Å². The van der Waals surface area contributed by atoms with Gasteiger partial charge in [-0.1, -0.05) is 0 Å². The van der Waals surface area contributed by atoms with E-state index in [4.69, 9.17) is 9.15 Å². The first-order valence-corrected chi connectivity index (χ1v) is 7.67. The minimum Gasteiger partial charge on any atom is -0.444 e. The van der Waals surface area contributed by atoms with E-state index in [-0.39, 0.29) is 6.09 Å². The fourth-order valence-corrected chi connectivity index (χ4v) is 2.94. The maximum absolute atomic E-state index is 12.0. The molecule has 1 amide bonds. The lowest BCUT2D eigenvalue weighted by Gasteiger charge is -2.23. The summed E-state index contributed by atoms with van der Waals surface area (Å²) in [5.41, 5.74) is 0.329. The van der Waals surface area contributed by atoms with Crippen molar-refractivity contribution in [3.05, 3.63) is 28.5 Å². The Morgan fingerprint density at radius 1 is 1.38 bits per heavy atom. The third-order valence-corrected chi connectivity index (χ3v) is 4.04. The molecule has 3 heterocycles.